The molecule has 1 amide bonds. The Labute approximate surface area is 166 Å². The van der Waals surface area contributed by atoms with E-state index >= 15 is 0 Å². The number of benzene rings is 2. The minimum Gasteiger partial charge on any atom is -0.350 e. The van der Waals surface area contributed by atoms with Crippen LogP contribution in [0.1, 0.15) is 21.7 Å². The molecule has 0 bridgehead atoms. The number of hydrogen-bond donors (Lipinski definition) is 2. The minimum absolute atomic E-state index is 0.243. The van der Waals surface area contributed by atoms with Crippen LogP contribution < -0.4 is 10.6 Å². The molecule has 29 heavy (non-hydrogen) atoms. The van der Waals surface area contributed by atoms with Gasteiger partial charge in [-0.1, -0.05) is 30.3 Å². The number of fused-ring (bicyclic) bond motifs is 1. The van der Waals surface area contributed by atoms with Crippen LogP contribution in [0.3, 0.4) is 0 Å². The Bertz CT molecular complexity index is 1170. The van der Waals surface area contributed by atoms with Gasteiger partial charge in [-0.25, -0.2) is 14.4 Å². The van der Waals surface area contributed by atoms with Crippen molar-refractivity contribution >= 4 is 28.4 Å². The quantitative estimate of drug-likeness (QED) is 0.533. The second-order valence-electron chi connectivity index (χ2n) is 6.53. The first kappa shape index (κ1) is 18.5. The number of pyridine rings is 1. The van der Waals surface area contributed by atoms with Crippen molar-refractivity contribution in [2.45, 2.75) is 13.5 Å². The zero-order chi connectivity index (χ0) is 20.2. The summed E-state index contributed by atoms with van der Waals surface area (Å²) in [5.74, 6) is -0.309. The second kappa shape index (κ2) is 8.02. The predicted octanol–water partition coefficient (Wildman–Crippen LogP) is 4.34. The monoisotopic (exact) mass is 387 g/mol. The maximum absolute atomic E-state index is 13.0. The first-order chi connectivity index (χ1) is 14.1. The number of aryl methyl sites for hydroxylation is 1. The summed E-state index contributed by atoms with van der Waals surface area (Å²) in [6.07, 6.45) is 1.68. The molecule has 4 aromatic rings. The summed E-state index contributed by atoms with van der Waals surface area (Å²) in [6.45, 7) is 2.21. The summed E-state index contributed by atoms with van der Waals surface area (Å²) in [7, 11) is 0. The lowest BCUT2D eigenvalue weighted by Crippen LogP contribution is -2.16. The molecule has 0 aliphatic carbocycles. The van der Waals surface area contributed by atoms with Crippen LogP contribution in [0, 0.1) is 12.7 Å². The van der Waals surface area contributed by atoms with Crippen molar-refractivity contribution in [3.63, 3.8) is 0 Å². The van der Waals surface area contributed by atoms with Gasteiger partial charge in [0, 0.05) is 23.8 Å². The lowest BCUT2D eigenvalue weighted by Gasteiger charge is -2.10. The molecule has 2 N–H and O–H groups in total. The number of amides is 1. The molecule has 0 atom stereocenters. The SMILES string of the molecule is Cc1cc(C(=O)Nc2cccc3cccnc23)nc(NCc2ccc(F)cc2)n1. The molecule has 6 nitrogen and oxygen atoms in total. The van der Waals surface area contributed by atoms with E-state index in [1.54, 1.807) is 37.4 Å². The highest BCUT2D eigenvalue weighted by Crippen LogP contribution is 2.21. The van der Waals surface area contributed by atoms with E-state index in [0.29, 0.717) is 29.4 Å². The predicted molar refractivity (Wildman–Crippen MR) is 110 cm³/mol. The third-order valence-corrected chi connectivity index (χ3v) is 4.33. The van der Waals surface area contributed by atoms with Crippen LogP contribution in [-0.2, 0) is 6.54 Å². The van der Waals surface area contributed by atoms with Crippen molar-refractivity contribution in [3.8, 4) is 0 Å². The number of anilines is 2. The molecule has 0 unspecified atom stereocenters. The number of para-hydroxylation sites is 1. The third kappa shape index (κ3) is 4.35. The molecule has 7 heteroatoms. The summed E-state index contributed by atoms with van der Waals surface area (Å²) in [6, 6.07) is 17.1. The fourth-order valence-electron chi connectivity index (χ4n) is 2.94. The molecule has 0 spiro atoms. The number of nitrogens with zero attached hydrogens (tertiary/aromatic N) is 3. The number of aromatic nitrogens is 3. The summed E-state index contributed by atoms with van der Waals surface area (Å²) >= 11 is 0. The topological polar surface area (TPSA) is 79.8 Å². The van der Waals surface area contributed by atoms with Crippen molar-refractivity contribution < 1.29 is 9.18 Å². The average molecular weight is 387 g/mol. The van der Waals surface area contributed by atoms with E-state index in [1.807, 2.05) is 24.3 Å². The lowest BCUT2D eigenvalue weighted by molar-refractivity contribution is 0.102. The number of carbonyl (C=O) groups excluding carboxylic acids is 1. The Kier molecular flexibility index (Phi) is 5.11. The van der Waals surface area contributed by atoms with E-state index in [-0.39, 0.29) is 17.4 Å². The smallest absolute Gasteiger partial charge is 0.274 e. The Morgan fingerprint density at radius 1 is 1.03 bits per heavy atom. The van der Waals surface area contributed by atoms with E-state index in [2.05, 4.69) is 25.6 Å². The van der Waals surface area contributed by atoms with Gasteiger partial charge in [-0.15, -0.1) is 0 Å². The van der Waals surface area contributed by atoms with Crippen LogP contribution in [-0.4, -0.2) is 20.9 Å². The molecule has 0 fully saturated rings. The fourth-order valence-corrected chi connectivity index (χ4v) is 2.94. The van der Waals surface area contributed by atoms with Gasteiger partial charge in [0.1, 0.15) is 11.5 Å². The molecular weight excluding hydrogens is 369 g/mol. The lowest BCUT2D eigenvalue weighted by atomic mass is 10.2. The maximum Gasteiger partial charge on any atom is 0.274 e. The van der Waals surface area contributed by atoms with E-state index < -0.39 is 0 Å². The summed E-state index contributed by atoms with van der Waals surface area (Å²) in [5.41, 5.74) is 3.10. The number of halogens is 1. The Morgan fingerprint density at radius 3 is 2.66 bits per heavy atom. The summed E-state index contributed by atoms with van der Waals surface area (Å²) in [4.78, 5) is 25.8. The molecule has 0 saturated carbocycles. The van der Waals surface area contributed by atoms with E-state index in [9.17, 15) is 9.18 Å². The van der Waals surface area contributed by atoms with Crippen molar-refractivity contribution in [1.82, 2.24) is 15.0 Å². The van der Waals surface area contributed by atoms with Gasteiger partial charge in [0.25, 0.3) is 5.91 Å². The first-order valence-electron chi connectivity index (χ1n) is 9.07. The van der Waals surface area contributed by atoms with E-state index in [1.165, 1.54) is 12.1 Å². The van der Waals surface area contributed by atoms with Gasteiger partial charge in [-0.2, -0.15) is 0 Å². The highest BCUT2D eigenvalue weighted by molar-refractivity contribution is 6.07. The third-order valence-electron chi connectivity index (χ3n) is 4.33. The average Bonchev–Trinajstić information content (AvgIpc) is 2.73. The van der Waals surface area contributed by atoms with Crippen molar-refractivity contribution in [2.24, 2.45) is 0 Å². The van der Waals surface area contributed by atoms with Crippen LogP contribution in [0.4, 0.5) is 16.0 Å². The van der Waals surface area contributed by atoms with Crippen LogP contribution in [0.2, 0.25) is 0 Å². The van der Waals surface area contributed by atoms with Gasteiger partial charge in [0.2, 0.25) is 5.95 Å². The highest BCUT2D eigenvalue weighted by atomic mass is 19.1. The van der Waals surface area contributed by atoms with Crippen molar-refractivity contribution in [3.05, 3.63) is 89.6 Å². The molecule has 0 aliphatic heterocycles. The van der Waals surface area contributed by atoms with Gasteiger partial charge < -0.3 is 10.6 Å². The Morgan fingerprint density at radius 2 is 1.83 bits per heavy atom. The van der Waals surface area contributed by atoms with E-state index in [4.69, 9.17) is 0 Å². The standard InChI is InChI=1S/C22H18FN5O/c1-14-12-19(28-22(26-14)25-13-15-7-9-17(23)10-8-15)21(29)27-18-6-2-4-16-5-3-11-24-20(16)18/h2-12H,13H2,1H3,(H,27,29)(H,25,26,28). The molecule has 0 radical (unpaired) electrons. The number of rotatable bonds is 5. The highest BCUT2D eigenvalue weighted by Gasteiger charge is 2.13. The second-order valence-corrected chi connectivity index (χ2v) is 6.53. The van der Waals surface area contributed by atoms with Gasteiger partial charge in [-0.05, 0) is 42.8 Å². The summed E-state index contributed by atoms with van der Waals surface area (Å²) < 4.78 is 13.0. The van der Waals surface area contributed by atoms with Crippen LogP contribution in [0.5, 0.6) is 0 Å². The molecule has 4 rings (SSSR count). The van der Waals surface area contributed by atoms with Crippen LogP contribution >= 0.6 is 0 Å². The molecule has 2 aromatic heterocycles. The zero-order valence-electron chi connectivity index (χ0n) is 15.7. The maximum atomic E-state index is 13.0. The fraction of sp³-hybridized carbons (Fsp3) is 0.0909. The van der Waals surface area contributed by atoms with Crippen LogP contribution in [0.25, 0.3) is 10.9 Å². The van der Waals surface area contributed by atoms with Gasteiger partial charge in [-0.3, -0.25) is 9.78 Å². The molecular formula is C22H18FN5O. The number of nitrogens with one attached hydrogen (secondary N) is 2. The number of carbonyl (C=O) groups is 1. The van der Waals surface area contributed by atoms with Crippen molar-refractivity contribution in [1.29, 1.82) is 0 Å². The molecule has 0 saturated heterocycles. The van der Waals surface area contributed by atoms with Crippen molar-refractivity contribution in [2.75, 3.05) is 10.6 Å². The van der Waals surface area contributed by atoms with E-state index in [0.717, 1.165) is 10.9 Å². The minimum atomic E-state index is -0.349. The molecule has 2 heterocycles. The van der Waals surface area contributed by atoms with Gasteiger partial charge in [0.15, 0.2) is 0 Å². The molecule has 0 aliphatic rings. The van der Waals surface area contributed by atoms with Gasteiger partial charge >= 0.3 is 0 Å². The Balaban J connectivity index is 1.53. The van der Waals surface area contributed by atoms with Crippen LogP contribution in [0.15, 0.2) is 66.9 Å². The zero-order valence-corrected chi connectivity index (χ0v) is 15.7. The largest absolute Gasteiger partial charge is 0.350 e. The Hall–Kier alpha value is -3.87. The van der Waals surface area contributed by atoms with Gasteiger partial charge in [0.05, 0.1) is 11.2 Å². The molecule has 144 valence electrons. The number of hydrogen-bond acceptors (Lipinski definition) is 5. The molecule has 2 aromatic carbocycles. The summed E-state index contributed by atoms with van der Waals surface area (Å²) in [5, 5.41) is 6.88. The normalized spacial score (nSPS) is 10.7. The first-order valence-corrected chi connectivity index (χ1v) is 9.07.